The van der Waals surface area contributed by atoms with Crippen LogP contribution in [-0.4, -0.2) is 72.2 Å². The number of hydrogen-bond acceptors (Lipinski definition) is 10. The standard InChI is InChI=1S/C25H31ClN8O3S/c1-16(2)38(36,37)24-20(5-4-8-28-24)31-23-19(26)14-29-25(33-23)32-21-13-18(7-6-17(21)3)30-22(35)15-34-11-9-27-10-12-34/h4-8,13-14,16,27H,9-12,15H2,1-3H3,(H,30,35)(H2,29,31,32,33). The van der Waals surface area contributed by atoms with Crippen molar-refractivity contribution in [3.05, 3.63) is 53.3 Å². The number of benzene rings is 1. The fourth-order valence-corrected chi connectivity index (χ4v) is 5.02. The quantitative estimate of drug-likeness (QED) is 0.309. The van der Waals surface area contributed by atoms with E-state index in [4.69, 9.17) is 11.6 Å². The monoisotopic (exact) mass is 558 g/mol. The maximum atomic E-state index is 12.8. The highest BCUT2D eigenvalue weighted by molar-refractivity contribution is 7.92. The molecule has 1 aromatic carbocycles. The number of rotatable bonds is 9. The molecule has 1 aliphatic heterocycles. The third-order valence-corrected chi connectivity index (χ3v) is 8.39. The number of carbonyl (C=O) groups is 1. The van der Waals surface area contributed by atoms with E-state index in [0.717, 1.165) is 31.7 Å². The number of aromatic nitrogens is 3. The van der Waals surface area contributed by atoms with E-state index in [1.165, 1.54) is 12.4 Å². The number of anilines is 5. The molecule has 2 aromatic heterocycles. The van der Waals surface area contributed by atoms with Crippen molar-refractivity contribution < 1.29 is 13.2 Å². The molecule has 0 aliphatic carbocycles. The Morgan fingerprint density at radius 1 is 1.13 bits per heavy atom. The summed E-state index contributed by atoms with van der Waals surface area (Å²) >= 11 is 6.33. The van der Waals surface area contributed by atoms with Crippen molar-refractivity contribution >= 4 is 56.2 Å². The number of pyridine rings is 1. The van der Waals surface area contributed by atoms with Gasteiger partial charge in [0.1, 0.15) is 5.02 Å². The van der Waals surface area contributed by atoms with E-state index in [-0.39, 0.29) is 33.4 Å². The molecular formula is C25H31ClN8O3S. The van der Waals surface area contributed by atoms with Crippen molar-refractivity contribution in [3.63, 3.8) is 0 Å². The van der Waals surface area contributed by atoms with E-state index in [1.807, 2.05) is 25.1 Å². The van der Waals surface area contributed by atoms with Crippen LogP contribution in [0.4, 0.5) is 28.8 Å². The highest BCUT2D eigenvalue weighted by atomic mass is 35.5. The number of halogens is 1. The SMILES string of the molecule is Cc1ccc(NC(=O)CN2CCNCC2)cc1Nc1ncc(Cl)c(Nc2cccnc2S(=O)(=O)C(C)C)n1. The van der Waals surface area contributed by atoms with Gasteiger partial charge in [0.15, 0.2) is 20.7 Å². The number of sulfone groups is 1. The fraction of sp³-hybridized carbons (Fsp3) is 0.360. The summed E-state index contributed by atoms with van der Waals surface area (Å²) < 4.78 is 25.6. The van der Waals surface area contributed by atoms with Gasteiger partial charge in [-0.1, -0.05) is 17.7 Å². The lowest BCUT2D eigenvalue weighted by atomic mass is 10.2. The van der Waals surface area contributed by atoms with Gasteiger partial charge in [-0.15, -0.1) is 0 Å². The smallest absolute Gasteiger partial charge is 0.238 e. The summed E-state index contributed by atoms with van der Waals surface area (Å²) in [5, 5.41) is 11.8. The van der Waals surface area contributed by atoms with Crippen LogP contribution in [-0.2, 0) is 14.6 Å². The second-order valence-electron chi connectivity index (χ2n) is 9.19. The van der Waals surface area contributed by atoms with E-state index in [0.29, 0.717) is 17.9 Å². The first-order valence-corrected chi connectivity index (χ1v) is 14.1. The van der Waals surface area contributed by atoms with Gasteiger partial charge in [0.05, 0.1) is 23.7 Å². The van der Waals surface area contributed by atoms with Gasteiger partial charge in [0.25, 0.3) is 0 Å². The van der Waals surface area contributed by atoms with Crippen LogP contribution in [0, 0.1) is 6.92 Å². The number of nitrogens with zero attached hydrogens (tertiary/aromatic N) is 4. The van der Waals surface area contributed by atoms with Crippen LogP contribution in [0.3, 0.4) is 0 Å². The summed E-state index contributed by atoms with van der Waals surface area (Å²) in [6, 6.07) is 8.76. The van der Waals surface area contributed by atoms with Crippen LogP contribution in [0.15, 0.2) is 47.8 Å². The van der Waals surface area contributed by atoms with Crippen molar-refractivity contribution in [2.75, 3.05) is 48.7 Å². The van der Waals surface area contributed by atoms with Crippen LogP contribution >= 0.6 is 11.6 Å². The summed E-state index contributed by atoms with van der Waals surface area (Å²) in [7, 11) is -3.65. The van der Waals surface area contributed by atoms with Gasteiger partial charge in [-0.2, -0.15) is 4.98 Å². The summed E-state index contributed by atoms with van der Waals surface area (Å²) in [5.41, 5.74) is 2.51. The number of hydrogen-bond donors (Lipinski definition) is 4. The molecule has 0 atom stereocenters. The molecule has 1 aliphatic rings. The zero-order chi connectivity index (χ0) is 27.3. The third kappa shape index (κ3) is 6.76. The molecule has 1 saturated heterocycles. The van der Waals surface area contributed by atoms with Crippen molar-refractivity contribution in [1.29, 1.82) is 0 Å². The van der Waals surface area contributed by atoms with Crippen LogP contribution in [0.5, 0.6) is 0 Å². The second kappa shape index (κ2) is 12.0. The molecule has 0 bridgehead atoms. The van der Waals surface area contributed by atoms with Crippen molar-refractivity contribution in [1.82, 2.24) is 25.2 Å². The molecule has 4 rings (SSSR count). The zero-order valence-electron chi connectivity index (χ0n) is 21.5. The van der Waals surface area contributed by atoms with Crippen LogP contribution in [0.25, 0.3) is 0 Å². The summed E-state index contributed by atoms with van der Waals surface area (Å²) in [4.78, 5) is 27.4. The lowest BCUT2D eigenvalue weighted by Crippen LogP contribution is -2.46. The van der Waals surface area contributed by atoms with Crippen LogP contribution in [0.2, 0.25) is 5.02 Å². The Morgan fingerprint density at radius 2 is 1.89 bits per heavy atom. The van der Waals surface area contributed by atoms with Crippen molar-refractivity contribution in [3.8, 4) is 0 Å². The normalized spacial score (nSPS) is 14.3. The molecule has 4 N–H and O–H groups in total. The molecule has 11 nitrogen and oxygen atoms in total. The number of amides is 1. The average molecular weight is 559 g/mol. The Balaban J connectivity index is 1.51. The zero-order valence-corrected chi connectivity index (χ0v) is 23.0. The molecule has 0 unspecified atom stereocenters. The van der Waals surface area contributed by atoms with Gasteiger partial charge in [-0.25, -0.2) is 18.4 Å². The van der Waals surface area contributed by atoms with Gasteiger partial charge >= 0.3 is 0 Å². The number of aryl methyl sites for hydroxylation is 1. The minimum Gasteiger partial charge on any atom is -0.336 e. The molecule has 0 spiro atoms. The van der Waals surface area contributed by atoms with Crippen LogP contribution < -0.4 is 21.3 Å². The molecule has 1 amide bonds. The van der Waals surface area contributed by atoms with E-state index >= 15 is 0 Å². The first-order chi connectivity index (χ1) is 18.1. The second-order valence-corrected chi connectivity index (χ2v) is 12.0. The lowest BCUT2D eigenvalue weighted by Gasteiger charge is -2.26. The molecule has 0 saturated carbocycles. The number of carbonyl (C=O) groups excluding carboxylic acids is 1. The lowest BCUT2D eigenvalue weighted by molar-refractivity contribution is -0.117. The Kier molecular flexibility index (Phi) is 8.77. The molecule has 3 aromatic rings. The molecule has 3 heterocycles. The van der Waals surface area contributed by atoms with Gasteiger partial charge in [-0.3, -0.25) is 9.69 Å². The highest BCUT2D eigenvalue weighted by Crippen LogP contribution is 2.30. The van der Waals surface area contributed by atoms with Gasteiger partial charge in [0, 0.05) is 43.8 Å². The summed E-state index contributed by atoms with van der Waals surface area (Å²) in [6.45, 7) is 8.86. The van der Waals surface area contributed by atoms with Gasteiger partial charge in [0.2, 0.25) is 11.9 Å². The molecule has 38 heavy (non-hydrogen) atoms. The fourth-order valence-electron chi connectivity index (χ4n) is 3.81. The highest BCUT2D eigenvalue weighted by Gasteiger charge is 2.25. The van der Waals surface area contributed by atoms with Crippen LogP contribution in [0.1, 0.15) is 19.4 Å². The predicted octanol–water partition coefficient (Wildman–Crippen LogP) is 3.35. The molecular weight excluding hydrogens is 528 g/mol. The summed E-state index contributed by atoms with van der Waals surface area (Å²) in [6.07, 6.45) is 2.84. The largest absolute Gasteiger partial charge is 0.336 e. The van der Waals surface area contributed by atoms with E-state index in [9.17, 15) is 13.2 Å². The van der Waals surface area contributed by atoms with E-state index in [1.54, 1.807) is 26.0 Å². The van der Waals surface area contributed by atoms with Crippen molar-refractivity contribution in [2.45, 2.75) is 31.0 Å². The minimum atomic E-state index is -3.65. The van der Waals surface area contributed by atoms with Crippen molar-refractivity contribution in [2.24, 2.45) is 0 Å². The topological polar surface area (TPSA) is 141 Å². The predicted molar refractivity (Wildman–Crippen MR) is 149 cm³/mol. The minimum absolute atomic E-state index is 0.0837. The molecule has 202 valence electrons. The average Bonchev–Trinajstić information content (AvgIpc) is 2.88. The Morgan fingerprint density at radius 3 is 2.63 bits per heavy atom. The maximum absolute atomic E-state index is 12.8. The Bertz CT molecular complexity index is 1410. The molecule has 13 heteroatoms. The first kappa shape index (κ1) is 27.7. The van der Waals surface area contributed by atoms with Gasteiger partial charge < -0.3 is 21.3 Å². The maximum Gasteiger partial charge on any atom is 0.238 e. The first-order valence-electron chi connectivity index (χ1n) is 12.2. The van der Waals surface area contributed by atoms with E-state index < -0.39 is 15.1 Å². The van der Waals surface area contributed by atoms with Gasteiger partial charge in [-0.05, 0) is 50.6 Å². The number of nitrogens with one attached hydrogen (secondary N) is 4. The summed E-state index contributed by atoms with van der Waals surface area (Å²) in [5.74, 6) is 0.372. The van der Waals surface area contributed by atoms with E-state index in [2.05, 4.69) is 41.1 Å². The Labute approximate surface area is 227 Å². The molecule has 1 fully saturated rings. The Hall–Kier alpha value is -3.32. The molecule has 0 radical (unpaired) electrons. The third-order valence-electron chi connectivity index (χ3n) is 6.00. The number of piperazine rings is 1.